The maximum Gasteiger partial charge on any atom is 0.161 e. The first-order chi connectivity index (χ1) is 10.2. The van der Waals surface area contributed by atoms with E-state index in [2.05, 4.69) is 11.5 Å². The molecule has 0 spiro atoms. The highest BCUT2D eigenvalue weighted by atomic mass is 16.5. The SMILES string of the molecule is CCn1cc(COc2ccccc2O)c2ccc(O)cc21. The molecule has 3 rings (SSSR count). The number of phenols is 2. The Morgan fingerprint density at radius 2 is 1.90 bits per heavy atom. The number of phenolic OH excluding ortho intramolecular Hbond substituents is 2. The van der Waals surface area contributed by atoms with Crippen LogP contribution in [-0.4, -0.2) is 14.8 Å². The number of aromatic hydroxyl groups is 2. The van der Waals surface area contributed by atoms with Crippen LogP contribution in [-0.2, 0) is 13.2 Å². The maximum atomic E-state index is 9.73. The molecule has 0 radical (unpaired) electrons. The minimum absolute atomic E-state index is 0.134. The van der Waals surface area contributed by atoms with E-state index in [-0.39, 0.29) is 11.5 Å². The van der Waals surface area contributed by atoms with Crippen LogP contribution >= 0.6 is 0 Å². The van der Waals surface area contributed by atoms with Crippen LogP contribution in [0.4, 0.5) is 0 Å². The van der Waals surface area contributed by atoms with Gasteiger partial charge in [0.15, 0.2) is 11.5 Å². The minimum atomic E-state index is 0.134. The van der Waals surface area contributed by atoms with Crippen molar-refractivity contribution in [3.8, 4) is 17.2 Å². The third-order valence-corrected chi connectivity index (χ3v) is 3.54. The predicted octanol–water partition coefficient (Wildman–Crippen LogP) is 3.65. The lowest BCUT2D eigenvalue weighted by atomic mass is 10.2. The number of hydrogen-bond acceptors (Lipinski definition) is 3. The first kappa shape index (κ1) is 13.4. The van der Waals surface area contributed by atoms with Crippen molar-refractivity contribution in [1.29, 1.82) is 0 Å². The standard InChI is InChI=1S/C17H17NO3/c1-2-18-10-12(14-8-7-13(19)9-15(14)18)11-21-17-6-4-3-5-16(17)20/h3-10,19-20H,2,11H2,1H3. The van der Waals surface area contributed by atoms with Gasteiger partial charge in [0.1, 0.15) is 12.4 Å². The Labute approximate surface area is 122 Å². The Kier molecular flexibility index (Phi) is 3.44. The molecule has 0 aliphatic heterocycles. The van der Waals surface area contributed by atoms with Crippen LogP contribution in [0.25, 0.3) is 10.9 Å². The molecular formula is C17H17NO3. The van der Waals surface area contributed by atoms with Gasteiger partial charge in [-0.1, -0.05) is 12.1 Å². The molecule has 1 aromatic heterocycles. The molecule has 0 unspecified atom stereocenters. The number of aryl methyl sites for hydroxylation is 1. The third-order valence-electron chi connectivity index (χ3n) is 3.54. The highest BCUT2D eigenvalue weighted by Gasteiger charge is 2.10. The van der Waals surface area contributed by atoms with Gasteiger partial charge in [0.05, 0.1) is 5.52 Å². The zero-order valence-electron chi connectivity index (χ0n) is 11.8. The molecule has 0 aliphatic carbocycles. The summed E-state index contributed by atoms with van der Waals surface area (Å²) in [6.45, 7) is 3.24. The van der Waals surface area contributed by atoms with Crippen molar-refractivity contribution in [2.24, 2.45) is 0 Å². The summed E-state index contributed by atoms with van der Waals surface area (Å²) in [4.78, 5) is 0. The summed E-state index contributed by atoms with van der Waals surface area (Å²) in [7, 11) is 0. The van der Waals surface area contributed by atoms with Gasteiger partial charge in [-0.25, -0.2) is 0 Å². The lowest BCUT2D eigenvalue weighted by molar-refractivity contribution is 0.290. The van der Waals surface area contributed by atoms with Crippen LogP contribution in [0.1, 0.15) is 12.5 Å². The van der Waals surface area contributed by atoms with Crippen molar-refractivity contribution in [2.75, 3.05) is 0 Å². The molecule has 4 nitrogen and oxygen atoms in total. The Hall–Kier alpha value is -2.62. The zero-order chi connectivity index (χ0) is 14.8. The summed E-state index contributed by atoms with van der Waals surface area (Å²) in [6.07, 6.45) is 2.02. The van der Waals surface area contributed by atoms with E-state index in [1.807, 2.05) is 18.3 Å². The van der Waals surface area contributed by atoms with Gasteiger partial charge in [-0.3, -0.25) is 0 Å². The van der Waals surface area contributed by atoms with Crippen LogP contribution in [0.5, 0.6) is 17.2 Å². The van der Waals surface area contributed by atoms with Gasteiger partial charge in [0.25, 0.3) is 0 Å². The van der Waals surface area contributed by atoms with Crippen molar-refractivity contribution in [1.82, 2.24) is 4.57 Å². The highest BCUT2D eigenvalue weighted by Crippen LogP contribution is 2.29. The van der Waals surface area contributed by atoms with E-state index in [0.717, 1.165) is 23.0 Å². The fourth-order valence-electron chi connectivity index (χ4n) is 2.47. The molecule has 4 heteroatoms. The number of para-hydroxylation sites is 2. The molecule has 0 saturated heterocycles. The van der Waals surface area contributed by atoms with Gasteiger partial charge in [-0.2, -0.15) is 0 Å². The largest absolute Gasteiger partial charge is 0.508 e. The number of benzene rings is 2. The highest BCUT2D eigenvalue weighted by molar-refractivity contribution is 5.85. The number of nitrogens with zero attached hydrogens (tertiary/aromatic N) is 1. The number of rotatable bonds is 4. The van der Waals surface area contributed by atoms with E-state index in [9.17, 15) is 10.2 Å². The topological polar surface area (TPSA) is 54.6 Å². The van der Waals surface area contributed by atoms with Gasteiger partial charge in [0.2, 0.25) is 0 Å². The Morgan fingerprint density at radius 1 is 1.10 bits per heavy atom. The summed E-state index contributed by atoms with van der Waals surface area (Å²) in [5.41, 5.74) is 2.00. The summed E-state index contributed by atoms with van der Waals surface area (Å²) in [6, 6.07) is 12.2. The van der Waals surface area contributed by atoms with Gasteiger partial charge in [0, 0.05) is 29.8 Å². The average molecular weight is 283 g/mol. The molecular weight excluding hydrogens is 266 g/mol. The van der Waals surface area contributed by atoms with Crippen molar-refractivity contribution < 1.29 is 14.9 Å². The second-order valence-corrected chi connectivity index (χ2v) is 4.90. The fraction of sp³-hybridized carbons (Fsp3) is 0.176. The first-order valence-electron chi connectivity index (χ1n) is 6.90. The Balaban J connectivity index is 1.92. The van der Waals surface area contributed by atoms with Crippen LogP contribution in [0.2, 0.25) is 0 Å². The van der Waals surface area contributed by atoms with Gasteiger partial charge < -0.3 is 19.5 Å². The molecule has 0 aliphatic rings. The molecule has 1 heterocycles. The van der Waals surface area contributed by atoms with Crippen molar-refractivity contribution in [3.63, 3.8) is 0 Å². The van der Waals surface area contributed by atoms with Crippen LogP contribution in [0.15, 0.2) is 48.7 Å². The molecule has 0 fully saturated rings. The second-order valence-electron chi connectivity index (χ2n) is 4.90. The Bertz CT molecular complexity index is 777. The summed E-state index contributed by atoms with van der Waals surface area (Å²) in [5, 5.41) is 20.4. The Morgan fingerprint density at radius 3 is 2.67 bits per heavy atom. The second kappa shape index (κ2) is 5.40. The zero-order valence-corrected chi connectivity index (χ0v) is 11.8. The summed E-state index contributed by atoms with van der Waals surface area (Å²) < 4.78 is 7.76. The molecule has 0 bridgehead atoms. The molecule has 0 amide bonds. The average Bonchev–Trinajstić information content (AvgIpc) is 2.83. The molecule has 2 N–H and O–H groups in total. The summed E-state index contributed by atoms with van der Waals surface area (Å²) in [5.74, 6) is 0.853. The fourth-order valence-corrected chi connectivity index (χ4v) is 2.47. The third kappa shape index (κ3) is 2.52. The maximum absolute atomic E-state index is 9.73. The van der Waals surface area contributed by atoms with E-state index >= 15 is 0 Å². The first-order valence-corrected chi connectivity index (χ1v) is 6.90. The normalized spacial score (nSPS) is 10.9. The molecule has 108 valence electrons. The smallest absolute Gasteiger partial charge is 0.161 e. The van der Waals surface area contributed by atoms with Crippen LogP contribution < -0.4 is 4.74 Å². The quantitative estimate of drug-likeness (QED) is 0.768. The number of aromatic nitrogens is 1. The van der Waals surface area contributed by atoms with Gasteiger partial charge in [-0.15, -0.1) is 0 Å². The lowest BCUT2D eigenvalue weighted by Gasteiger charge is -2.06. The van der Waals surface area contributed by atoms with Crippen molar-refractivity contribution in [3.05, 3.63) is 54.2 Å². The number of hydrogen-bond donors (Lipinski definition) is 2. The van der Waals surface area contributed by atoms with E-state index in [4.69, 9.17) is 4.74 Å². The number of ether oxygens (including phenoxy) is 1. The predicted molar refractivity (Wildman–Crippen MR) is 81.7 cm³/mol. The summed E-state index contributed by atoms with van der Waals surface area (Å²) >= 11 is 0. The molecule has 2 aromatic carbocycles. The molecule has 0 saturated carbocycles. The monoisotopic (exact) mass is 283 g/mol. The lowest BCUT2D eigenvalue weighted by Crippen LogP contribution is -1.95. The van der Waals surface area contributed by atoms with E-state index in [1.54, 1.807) is 30.3 Å². The van der Waals surface area contributed by atoms with Gasteiger partial charge in [-0.05, 0) is 31.2 Å². The minimum Gasteiger partial charge on any atom is -0.508 e. The van der Waals surface area contributed by atoms with E-state index in [1.165, 1.54) is 0 Å². The molecule has 21 heavy (non-hydrogen) atoms. The number of fused-ring (bicyclic) bond motifs is 1. The van der Waals surface area contributed by atoms with Crippen molar-refractivity contribution in [2.45, 2.75) is 20.1 Å². The van der Waals surface area contributed by atoms with Crippen molar-refractivity contribution >= 4 is 10.9 Å². The van der Waals surface area contributed by atoms with E-state index in [0.29, 0.717) is 12.4 Å². The van der Waals surface area contributed by atoms with Gasteiger partial charge >= 0.3 is 0 Å². The molecule has 3 aromatic rings. The molecule has 0 atom stereocenters. The van der Waals surface area contributed by atoms with E-state index < -0.39 is 0 Å². The van der Waals surface area contributed by atoms with Crippen LogP contribution in [0, 0.1) is 0 Å². The van der Waals surface area contributed by atoms with Crippen LogP contribution in [0.3, 0.4) is 0 Å².